The molecule has 1 heterocycles. The second-order valence-corrected chi connectivity index (χ2v) is 5.69. The summed E-state index contributed by atoms with van der Waals surface area (Å²) in [6, 6.07) is 2.19. The predicted molar refractivity (Wildman–Crippen MR) is 88.5 cm³/mol. The number of hydrogen-bond donors (Lipinski definition) is 1. The third-order valence-corrected chi connectivity index (χ3v) is 3.64. The van der Waals surface area contributed by atoms with Gasteiger partial charge in [-0.2, -0.15) is 0 Å². The molecular weight excluding hydrogens is 246 g/mol. The molecule has 3 nitrogen and oxygen atoms in total. The number of unbranched alkanes of at least 4 members (excludes halogenated alkanes) is 2. The van der Waals surface area contributed by atoms with Gasteiger partial charge in [0.2, 0.25) is 0 Å². The molecule has 0 aliphatic heterocycles. The van der Waals surface area contributed by atoms with Crippen LogP contribution in [0.2, 0.25) is 0 Å². The van der Waals surface area contributed by atoms with Crippen molar-refractivity contribution in [2.45, 2.75) is 59.9 Å². The maximum Gasteiger partial charge on any atom is 0.133 e. The van der Waals surface area contributed by atoms with Crippen molar-refractivity contribution in [3.05, 3.63) is 22.9 Å². The normalized spacial score (nSPS) is 10.8. The van der Waals surface area contributed by atoms with E-state index in [4.69, 9.17) is 4.98 Å². The third-order valence-electron chi connectivity index (χ3n) is 3.64. The van der Waals surface area contributed by atoms with Gasteiger partial charge in [-0.1, -0.05) is 26.7 Å². The summed E-state index contributed by atoms with van der Waals surface area (Å²) in [6.07, 6.45) is 4.96. The first-order chi connectivity index (χ1) is 9.60. The van der Waals surface area contributed by atoms with Gasteiger partial charge >= 0.3 is 0 Å². The number of pyridine rings is 1. The van der Waals surface area contributed by atoms with Gasteiger partial charge in [-0.25, -0.2) is 4.98 Å². The first-order valence-electron chi connectivity index (χ1n) is 7.99. The molecule has 0 amide bonds. The van der Waals surface area contributed by atoms with Crippen LogP contribution in [0, 0.1) is 13.8 Å². The van der Waals surface area contributed by atoms with E-state index in [9.17, 15) is 0 Å². The van der Waals surface area contributed by atoms with Crippen LogP contribution in [0.4, 0.5) is 5.82 Å². The van der Waals surface area contributed by atoms with E-state index in [-0.39, 0.29) is 0 Å². The minimum absolute atomic E-state index is 0.917. The summed E-state index contributed by atoms with van der Waals surface area (Å²) < 4.78 is 0. The molecule has 0 aliphatic rings. The summed E-state index contributed by atoms with van der Waals surface area (Å²) in [5, 5.41) is 3.51. The fourth-order valence-corrected chi connectivity index (χ4v) is 2.47. The lowest BCUT2D eigenvalue weighted by molar-refractivity contribution is 0.662. The van der Waals surface area contributed by atoms with E-state index in [2.05, 4.69) is 51.0 Å². The Morgan fingerprint density at radius 2 is 1.90 bits per heavy atom. The molecule has 0 atom stereocenters. The number of anilines is 1. The van der Waals surface area contributed by atoms with Crippen LogP contribution in [-0.2, 0) is 6.54 Å². The monoisotopic (exact) mass is 277 g/mol. The van der Waals surface area contributed by atoms with Crippen LogP contribution in [0.5, 0.6) is 0 Å². The summed E-state index contributed by atoms with van der Waals surface area (Å²) in [4.78, 5) is 7.10. The van der Waals surface area contributed by atoms with E-state index < -0.39 is 0 Å². The van der Waals surface area contributed by atoms with E-state index in [0.717, 1.165) is 31.1 Å². The van der Waals surface area contributed by atoms with Gasteiger partial charge in [0.15, 0.2) is 0 Å². The molecule has 1 aromatic heterocycles. The van der Waals surface area contributed by atoms with Crippen molar-refractivity contribution in [1.29, 1.82) is 0 Å². The van der Waals surface area contributed by atoms with Gasteiger partial charge in [0.25, 0.3) is 0 Å². The van der Waals surface area contributed by atoms with E-state index in [1.807, 2.05) is 0 Å². The van der Waals surface area contributed by atoms with Gasteiger partial charge in [-0.05, 0) is 44.9 Å². The quantitative estimate of drug-likeness (QED) is 0.695. The summed E-state index contributed by atoms with van der Waals surface area (Å²) in [7, 11) is 2.17. The average Bonchev–Trinajstić information content (AvgIpc) is 2.41. The molecule has 3 heteroatoms. The molecule has 0 aliphatic carbocycles. The Morgan fingerprint density at radius 3 is 2.55 bits per heavy atom. The lowest BCUT2D eigenvalue weighted by Crippen LogP contribution is -2.24. The van der Waals surface area contributed by atoms with Gasteiger partial charge in [0.1, 0.15) is 5.82 Å². The Kier molecular flexibility index (Phi) is 7.60. The molecular formula is C17H31N3. The van der Waals surface area contributed by atoms with Crippen LogP contribution in [0.15, 0.2) is 6.07 Å². The molecule has 0 unspecified atom stereocenters. The maximum absolute atomic E-state index is 4.78. The Hall–Kier alpha value is -1.09. The minimum atomic E-state index is 0.917. The van der Waals surface area contributed by atoms with Crippen LogP contribution in [-0.4, -0.2) is 25.1 Å². The van der Waals surface area contributed by atoms with Crippen molar-refractivity contribution in [3.8, 4) is 0 Å². The van der Waals surface area contributed by atoms with Crippen molar-refractivity contribution in [2.24, 2.45) is 0 Å². The smallest absolute Gasteiger partial charge is 0.133 e. The number of hydrogen-bond acceptors (Lipinski definition) is 3. The number of rotatable bonds is 9. The maximum atomic E-state index is 4.78. The molecule has 0 aromatic carbocycles. The Balaban J connectivity index is 2.84. The molecule has 20 heavy (non-hydrogen) atoms. The van der Waals surface area contributed by atoms with Gasteiger partial charge in [0.05, 0.1) is 0 Å². The molecule has 1 aromatic rings. The highest BCUT2D eigenvalue weighted by molar-refractivity contribution is 5.51. The largest absolute Gasteiger partial charge is 0.359 e. The van der Waals surface area contributed by atoms with E-state index in [0.29, 0.717) is 0 Å². The minimum Gasteiger partial charge on any atom is -0.359 e. The molecule has 0 spiro atoms. The van der Waals surface area contributed by atoms with E-state index in [1.54, 1.807) is 0 Å². The number of nitrogens with zero attached hydrogens (tertiary/aromatic N) is 2. The lowest BCUT2D eigenvalue weighted by Gasteiger charge is -2.23. The third kappa shape index (κ3) is 5.12. The van der Waals surface area contributed by atoms with Crippen LogP contribution in [0.25, 0.3) is 0 Å². The van der Waals surface area contributed by atoms with Crippen molar-refractivity contribution >= 4 is 5.82 Å². The first-order valence-corrected chi connectivity index (χ1v) is 7.99. The molecule has 0 fully saturated rings. The zero-order valence-electron chi connectivity index (χ0n) is 13.9. The first kappa shape index (κ1) is 17.0. The van der Waals surface area contributed by atoms with Gasteiger partial charge < -0.3 is 10.2 Å². The molecule has 114 valence electrons. The topological polar surface area (TPSA) is 28.2 Å². The molecule has 0 saturated carbocycles. The highest BCUT2D eigenvalue weighted by atomic mass is 15.2. The molecule has 0 bridgehead atoms. The van der Waals surface area contributed by atoms with E-state index >= 15 is 0 Å². The lowest BCUT2D eigenvalue weighted by atomic mass is 10.1. The summed E-state index contributed by atoms with van der Waals surface area (Å²) in [6.45, 7) is 11.8. The van der Waals surface area contributed by atoms with Crippen LogP contribution >= 0.6 is 0 Å². The number of aryl methyl sites for hydroxylation is 2. The van der Waals surface area contributed by atoms with Crippen LogP contribution in [0.1, 0.15) is 56.4 Å². The van der Waals surface area contributed by atoms with Crippen LogP contribution < -0.4 is 10.2 Å². The Labute approximate surface area is 124 Å². The molecule has 0 radical (unpaired) electrons. The van der Waals surface area contributed by atoms with E-state index in [1.165, 1.54) is 36.8 Å². The zero-order valence-corrected chi connectivity index (χ0v) is 13.9. The molecule has 1 N–H and O–H groups in total. The summed E-state index contributed by atoms with van der Waals surface area (Å²) in [5.74, 6) is 1.15. The highest BCUT2D eigenvalue weighted by Crippen LogP contribution is 2.22. The average molecular weight is 277 g/mol. The Morgan fingerprint density at radius 1 is 1.15 bits per heavy atom. The molecule has 0 saturated heterocycles. The second kappa shape index (κ2) is 8.96. The SMILES string of the molecule is CCCCCN(C)c1nc(C)cc(C)c1CNCCC. The second-order valence-electron chi connectivity index (χ2n) is 5.69. The fraction of sp³-hybridized carbons (Fsp3) is 0.706. The van der Waals surface area contributed by atoms with Gasteiger partial charge in [0, 0.05) is 31.4 Å². The van der Waals surface area contributed by atoms with Crippen molar-refractivity contribution in [2.75, 3.05) is 25.0 Å². The van der Waals surface area contributed by atoms with Gasteiger partial charge in [-0.3, -0.25) is 0 Å². The Bertz CT molecular complexity index is 401. The van der Waals surface area contributed by atoms with Crippen molar-refractivity contribution in [1.82, 2.24) is 10.3 Å². The summed E-state index contributed by atoms with van der Waals surface area (Å²) >= 11 is 0. The van der Waals surface area contributed by atoms with Crippen LogP contribution in [0.3, 0.4) is 0 Å². The standard InChI is InChI=1S/C17H31N3/c1-6-8-9-11-20(5)17-16(13-18-10-7-2)14(3)12-15(4)19-17/h12,18H,6-11,13H2,1-5H3. The predicted octanol–water partition coefficient (Wildman–Crippen LogP) is 3.82. The highest BCUT2D eigenvalue weighted by Gasteiger charge is 2.12. The van der Waals surface area contributed by atoms with Gasteiger partial charge in [-0.15, -0.1) is 0 Å². The zero-order chi connectivity index (χ0) is 15.0. The van der Waals surface area contributed by atoms with Crippen molar-refractivity contribution in [3.63, 3.8) is 0 Å². The fourth-order valence-electron chi connectivity index (χ4n) is 2.47. The van der Waals surface area contributed by atoms with Crippen molar-refractivity contribution < 1.29 is 0 Å². The molecule has 1 rings (SSSR count). The number of aromatic nitrogens is 1. The number of nitrogens with one attached hydrogen (secondary N) is 1. The summed E-state index contributed by atoms with van der Waals surface area (Å²) in [5.41, 5.74) is 3.81.